The molecule has 0 radical (unpaired) electrons. The zero-order chi connectivity index (χ0) is 20.9. The van der Waals surface area contributed by atoms with Gasteiger partial charge in [-0.25, -0.2) is 13.1 Å². The molecule has 5 nitrogen and oxygen atoms in total. The lowest BCUT2D eigenvalue weighted by Crippen LogP contribution is -2.44. The van der Waals surface area contributed by atoms with Crippen LogP contribution in [0, 0.1) is 6.92 Å². The molecule has 1 unspecified atom stereocenters. The van der Waals surface area contributed by atoms with Gasteiger partial charge in [-0.05, 0) is 31.0 Å². The van der Waals surface area contributed by atoms with Gasteiger partial charge in [0.1, 0.15) is 6.10 Å². The number of carbonyl (C=O) groups excluding carboxylic acids is 1. The number of carbonyl (C=O) groups is 1. The SMILES string of the molecule is Cc1ccc(S(=O)(=O)N[C@@H](Cc2ccccc2)C(=O)CC(O)C(Cl)(Cl)Cl)cc1. The normalized spacial score (nSPS) is 14.5. The average Bonchev–Trinajstić information content (AvgIpc) is 2.61. The molecule has 9 heteroatoms. The van der Waals surface area contributed by atoms with E-state index in [1.165, 1.54) is 12.1 Å². The first-order chi connectivity index (χ1) is 13.0. The third-order valence-electron chi connectivity index (χ3n) is 4.07. The number of hydrogen-bond donors (Lipinski definition) is 2. The van der Waals surface area contributed by atoms with Crippen molar-refractivity contribution in [3.05, 3.63) is 65.7 Å². The summed E-state index contributed by atoms with van der Waals surface area (Å²) in [7, 11) is -3.96. The van der Waals surface area contributed by atoms with Crippen molar-refractivity contribution < 1.29 is 18.3 Å². The zero-order valence-electron chi connectivity index (χ0n) is 15.0. The van der Waals surface area contributed by atoms with Crippen LogP contribution < -0.4 is 4.72 Å². The average molecular weight is 465 g/mol. The van der Waals surface area contributed by atoms with Crippen LogP contribution in [-0.2, 0) is 21.2 Å². The minimum atomic E-state index is -3.96. The summed E-state index contributed by atoms with van der Waals surface area (Å²) < 4.78 is 25.8. The molecule has 28 heavy (non-hydrogen) atoms. The van der Waals surface area contributed by atoms with Gasteiger partial charge in [0.05, 0.1) is 10.9 Å². The van der Waals surface area contributed by atoms with E-state index in [1.807, 2.05) is 13.0 Å². The Morgan fingerprint density at radius 3 is 2.18 bits per heavy atom. The van der Waals surface area contributed by atoms with Crippen molar-refractivity contribution in [1.82, 2.24) is 4.72 Å². The molecule has 0 amide bonds. The maximum Gasteiger partial charge on any atom is 0.241 e. The van der Waals surface area contributed by atoms with E-state index in [0.717, 1.165) is 11.1 Å². The maximum atomic E-state index is 12.7. The molecular formula is C19H20Cl3NO4S. The fourth-order valence-electron chi connectivity index (χ4n) is 2.49. The number of Topliss-reactive ketones (excluding diaryl/α,β-unsaturated/α-hetero) is 1. The number of sulfonamides is 1. The molecule has 0 spiro atoms. The van der Waals surface area contributed by atoms with Gasteiger partial charge < -0.3 is 5.11 Å². The Bertz CT molecular complexity index is 897. The van der Waals surface area contributed by atoms with E-state index in [4.69, 9.17) is 34.8 Å². The Labute approximate surface area is 179 Å². The Morgan fingerprint density at radius 1 is 1.07 bits per heavy atom. The Morgan fingerprint density at radius 2 is 1.64 bits per heavy atom. The first-order valence-corrected chi connectivity index (χ1v) is 11.0. The number of aryl methyl sites for hydroxylation is 1. The van der Waals surface area contributed by atoms with Crippen LogP contribution in [0.1, 0.15) is 17.5 Å². The van der Waals surface area contributed by atoms with Gasteiger partial charge in [0.15, 0.2) is 5.78 Å². The van der Waals surface area contributed by atoms with Crippen molar-refractivity contribution >= 4 is 50.6 Å². The molecule has 0 aliphatic heterocycles. The number of halogens is 3. The molecule has 0 heterocycles. The van der Waals surface area contributed by atoms with E-state index in [1.54, 1.807) is 36.4 Å². The van der Waals surface area contributed by atoms with Crippen LogP contribution in [0.15, 0.2) is 59.5 Å². The number of hydrogen-bond acceptors (Lipinski definition) is 4. The monoisotopic (exact) mass is 463 g/mol. The van der Waals surface area contributed by atoms with E-state index < -0.39 is 38.2 Å². The largest absolute Gasteiger partial charge is 0.388 e. The highest BCUT2D eigenvalue weighted by molar-refractivity contribution is 7.89. The summed E-state index contributed by atoms with van der Waals surface area (Å²) in [5.74, 6) is -0.585. The minimum Gasteiger partial charge on any atom is -0.388 e. The molecule has 0 saturated heterocycles. The summed E-state index contributed by atoms with van der Waals surface area (Å²) in [4.78, 5) is 12.7. The highest BCUT2D eigenvalue weighted by Crippen LogP contribution is 2.32. The molecule has 0 aliphatic carbocycles. The third kappa shape index (κ3) is 6.72. The van der Waals surface area contributed by atoms with E-state index >= 15 is 0 Å². The molecular weight excluding hydrogens is 445 g/mol. The Balaban J connectivity index is 2.27. The van der Waals surface area contributed by atoms with Gasteiger partial charge in [-0.3, -0.25) is 4.79 Å². The maximum absolute atomic E-state index is 12.7. The topological polar surface area (TPSA) is 83.5 Å². The zero-order valence-corrected chi connectivity index (χ0v) is 18.1. The van der Waals surface area contributed by atoms with Gasteiger partial charge >= 0.3 is 0 Å². The summed E-state index contributed by atoms with van der Waals surface area (Å²) in [5, 5.41) is 9.92. The molecule has 0 aliphatic rings. The van der Waals surface area contributed by atoms with Crippen LogP contribution in [0.4, 0.5) is 0 Å². The summed E-state index contributed by atoms with van der Waals surface area (Å²) in [5.41, 5.74) is 1.65. The van der Waals surface area contributed by atoms with E-state index in [0.29, 0.717) is 0 Å². The molecule has 0 saturated carbocycles. The molecule has 0 aromatic heterocycles. The lowest BCUT2D eigenvalue weighted by molar-refractivity contribution is -0.122. The van der Waals surface area contributed by atoms with Crippen molar-refractivity contribution in [2.75, 3.05) is 0 Å². The highest BCUT2D eigenvalue weighted by Gasteiger charge is 2.35. The van der Waals surface area contributed by atoms with Crippen molar-refractivity contribution in [3.8, 4) is 0 Å². The second-order valence-corrected chi connectivity index (χ2v) is 10.5. The van der Waals surface area contributed by atoms with Crippen LogP contribution >= 0.6 is 34.8 Å². The van der Waals surface area contributed by atoms with Gasteiger partial charge in [-0.1, -0.05) is 82.8 Å². The molecule has 152 valence electrons. The lowest BCUT2D eigenvalue weighted by Gasteiger charge is -2.22. The minimum absolute atomic E-state index is 0.0332. The standard InChI is InChI=1S/C19H20Cl3NO4S/c1-13-7-9-15(10-8-13)28(26,27)23-16(11-14-5-3-2-4-6-14)17(24)12-18(25)19(20,21)22/h2-10,16,18,23,25H,11-12H2,1H3/t16-,18?/m0/s1. The number of benzene rings is 2. The van der Waals surface area contributed by atoms with E-state index in [2.05, 4.69) is 4.72 Å². The first-order valence-electron chi connectivity index (χ1n) is 8.39. The summed E-state index contributed by atoms with van der Waals surface area (Å²) in [6.45, 7) is 1.84. The fourth-order valence-corrected chi connectivity index (χ4v) is 3.94. The Kier molecular flexibility index (Phi) is 7.90. The highest BCUT2D eigenvalue weighted by atomic mass is 35.6. The number of ketones is 1. The predicted molar refractivity (Wildman–Crippen MR) is 111 cm³/mol. The smallest absolute Gasteiger partial charge is 0.241 e. The van der Waals surface area contributed by atoms with Crippen LogP contribution in [0.5, 0.6) is 0 Å². The number of rotatable bonds is 8. The molecule has 2 atom stereocenters. The number of nitrogens with one attached hydrogen (secondary N) is 1. The van der Waals surface area contributed by atoms with Gasteiger partial charge in [0, 0.05) is 6.42 Å². The predicted octanol–water partition coefficient (Wildman–Crippen LogP) is 3.57. The van der Waals surface area contributed by atoms with Gasteiger partial charge in [-0.2, -0.15) is 0 Å². The van der Waals surface area contributed by atoms with Crippen LogP contribution in [-0.4, -0.2) is 35.2 Å². The second-order valence-electron chi connectivity index (χ2n) is 6.40. The molecule has 2 aromatic carbocycles. The van der Waals surface area contributed by atoms with Crippen molar-refractivity contribution in [2.45, 2.75) is 40.6 Å². The number of aliphatic hydroxyl groups excluding tert-OH is 1. The van der Waals surface area contributed by atoms with Crippen LogP contribution in [0.2, 0.25) is 0 Å². The van der Waals surface area contributed by atoms with Crippen molar-refractivity contribution in [2.24, 2.45) is 0 Å². The quantitative estimate of drug-likeness (QED) is 0.585. The second kappa shape index (κ2) is 9.57. The lowest BCUT2D eigenvalue weighted by atomic mass is 10.00. The van der Waals surface area contributed by atoms with Crippen molar-refractivity contribution in [1.29, 1.82) is 0 Å². The molecule has 2 N–H and O–H groups in total. The van der Waals surface area contributed by atoms with E-state index in [9.17, 15) is 18.3 Å². The molecule has 2 rings (SSSR count). The Hall–Kier alpha value is -1.15. The van der Waals surface area contributed by atoms with Gasteiger partial charge in [0.25, 0.3) is 0 Å². The molecule has 0 fully saturated rings. The van der Waals surface area contributed by atoms with Gasteiger partial charge in [0.2, 0.25) is 13.8 Å². The van der Waals surface area contributed by atoms with Crippen LogP contribution in [0.3, 0.4) is 0 Å². The fraction of sp³-hybridized carbons (Fsp3) is 0.316. The summed E-state index contributed by atoms with van der Waals surface area (Å²) in [6.07, 6.45) is -1.98. The summed E-state index contributed by atoms with van der Waals surface area (Å²) in [6, 6.07) is 14.0. The first kappa shape index (κ1) is 23.1. The third-order valence-corrected chi connectivity index (χ3v) is 6.32. The molecule has 0 bridgehead atoms. The number of aliphatic hydroxyl groups is 1. The summed E-state index contributed by atoms with van der Waals surface area (Å²) >= 11 is 16.9. The van der Waals surface area contributed by atoms with Gasteiger partial charge in [-0.15, -0.1) is 0 Å². The van der Waals surface area contributed by atoms with Crippen molar-refractivity contribution in [3.63, 3.8) is 0 Å². The van der Waals surface area contributed by atoms with E-state index in [-0.39, 0.29) is 11.3 Å². The number of alkyl halides is 3. The van der Waals surface area contributed by atoms with Crippen LogP contribution in [0.25, 0.3) is 0 Å². The molecule has 2 aromatic rings.